The van der Waals surface area contributed by atoms with E-state index in [0.717, 1.165) is 52.8 Å². The first kappa shape index (κ1) is 21.9. The average molecular weight is 471 g/mol. The van der Waals surface area contributed by atoms with Gasteiger partial charge in [-0.1, -0.05) is 29.8 Å². The zero-order valence-corrected chi connectivity index (χ0v) is 19.4. The van der Waals surface area contributed by atoms with Crippen molar-refractivity contribution in [3.63, 3.8) is 0 Å². The predicted octanol–water partition coefficient (Wildman–Crippen LogP) is 5.15. The van der Waals surface area contributed by atoms with E-state index in [0.29, 0.717) is 27.5 Å². The Labute approximate surface area is 200 Å². The standard InChI is InChI=1S/C26H22N4O3S/c1-15-6-8-16(9-7-15)24-28-20-11-10-17(12-21(20)29-24)26(32)33-14-23(31)30-25-19(13-27)18-4-2-3-5-22(18)34-25/h6-12H,2-5,14H2,1H3,(H,28,29)(H,30,31). The fourth-order valence-corrected chi connectivity index (χ4v) is 5.39. The average Bonchev–Trinajstić information content (AvgIpc) is 3.43. The van der Waals surface area contributed by atoms with Crippen molar-refractivity contribution in [1.82, 2.24) is 9.97 Å². The van der Waals surface area contributed by atoms with Gasteiger partial charge in [0.1, 0.15) is 16.9 Å². The Bertz CT molecular complexity index is 1440. The largest absolute Gasteiger partial charge is 0.452 e. The van der Waals surface area contributed by atoms with Gasteiger partial charge in [0.2, 0.25) is 0 Å². The molecule has 0 saturated heterocycles. The minimum atomic E-state index is -0.602. The predicted molar refractivity (Wildman–Crippen MR) is 131 cm³/mol. The van der Waals surface area contributed by atoms with E-state index in [1.54, 1.807) is 18.2 Å². The number of nitrogens with one attached hydrogen (secondary N) is 2. The van der Waals surface area contributed by atoms with Crippen molar-refractivity contribution in [2.75, 3.05) is 11.9 Å². The van der Waals surface area contributed by atoms with Gasteiger partial charge in [0.05, 0.1) is 22.2 Å². The molecule has 2 N–H and O–H groups in total. The van der Waals surface area contributed by atoms with Crippen LogP contribution in [-0.4, -0.2) is 28.5 Å². The minimum Gasteiger partial charge on any atom is -0.452 e. The fraction of sp³-hybridized carbons (Fsp3) is 0.231. The molecule has 2 heterocycles. The lowest BCUT2D eigenvalue weighted by atomic mass is 9.96. The zero-order valence-electron chi connectivity index (χ0n) is 18.6. The number of hydrogen-bond acceptors (Lipinski definition) is 6. The van der Waals surface area contributed by atoms with Crippen LogP contribution in [0, 0.1) is 18.3 Å². The SMILES string of the molecule is Cc1ccc(-c2nc3ccc(C(=O)OCC(=O)Nc4sc5c(c4C#N)CCCC5)cc3[nH]2)cc1. The van der Waals surface area contributed by atoms with Crippen molar-refractivity contribution in [2.24, 2.45) is 0 Å². The summed E-state index contributed by atoms with van der Waals surface area (Å²) in [4.78, 5) is 33.9. The normalized spacial score (nSPS) is 12.7. The van der Waals surface area contributed by atoms with Crippen LogP contribution in [0.25, 0.3) is 22.4 Å². The molecule has 0 radical (unpaired) electrons. The number of benzene rings is 2. The van der Waals surface area contributed by atoms with Crippen LogP contribution in [0.5, 0.6) is 0 Å². The number of H-pyrrole nitrogens is 1. The third kappa shape index (κ3) is 4.30. The molecule has 0 fully saturated rings. The van der Waals surface area contributed by atoms with Gasteiger partial charge < -0.3 is 15.0 Å². The lowest BCUT2D eigenvalue weighted by Gasteiger charge is -2.09. The second kappa shape index (κ2) is 9.12. The topological polar surface area (TPSA) is 108 Å². The number of rotatable bonds is 5. The van der Waals surface area contributed by atoms with Gasteiger partial charge in [0.15, 0.2) is 6.61 Å². The molecule has 2 aromatic carbocycles. The van der Waals surface area contributed by atoms with E-state index in [9.17, 15) is 14.9 Å². The number of anilines is 1. The number of nitrogens with zero attached hydrogens (tertiary/aromatic N) is 2. The number of carbonyl (C=O) groups is 2. The minimum absolute atomic E-state index is 0.323. The molecular weight excluding hydrogens is 448 g/mol. The number of esters is 1. The number of carbonyl (C=O) groups excluding carboxylic acids is 2. The van der Waals surface area contributed by atoms with Crippen LogP contribution in [0.3, 0.4) is 0 Å². The highest BCUT2D eigenvalue weighted by atomic mass is 32.1. The van der Waals surface area contributed by atoms with Gasteiger partial charge in [0, 0.05) is 10.4 Å². The van der Waals surface area contributed by atoms with Gasteiger partial charge in [-0.05, 0) is 56.4 Å². The van der Waals surface area contributed by atoms with E-state index in [4.69, 9.17) is 4.74 Å². The summed E-state index contributed by atoms with van der Waals surface area (Å²) in [6, 6.07) is 15.3. The van der Waals surface area contributed by atoms with Gasteiger partial charge >= 0.3 is 5.97 Å². The molecule has 0 atom stereocenters. The monoisotopic (exact) mass is 470 g/mol. The van der Waals surface area contributed by atoms with Crippen molar-refractivity contribution in [3.05, 3.63) is 69.6 Å². The number of aromatic amines is 1. The lowest BCUT2D eigenvalue weighted by molar-refractivity contribution is -0.119. The first-order chi connectivity index (χ1) is 16.5. The molecular formula is C26H22N4O3S. The van der Waals surface area contributed by atoms with Crippen molar-refractivity contribution < 1.29 is 14.3 Å². The lowest BCUT2D eigenvalue weighted by Crippen LogP contribution is -2.20. The van der Waals surface area contributed by atoms with Crippen LogP contribution in [0.4, 0.5) is 5.00 Å². The Morgan fingerprint density at radius 1 is 1.18 bits per heavy atom. The molecule has 34 heavy (non-hydrogen) atoms. The first-order valence-electron chi connectivity index (χ1n) is 11.1. The Balaban J connectivity index is 1.25. The number of nitriles is 1. The Hall–Kier alpha value is -3.96. The molecule has 0 unspecified atom stereocenters. The van der Waals surface area contributed by atoms with Crippen molar-refractivity contribution in [3.8, 4) is 17.5 Å². The molecule has 8 heteroatoms. The van der Waals surface area contributed by atoms with Gasteiger partial charge in [-0.15, -0.1) is 11.3 Å². The number of aryl methyl sites for hydroxylation is 2. The molecule has 5 rings (SSSR count). The Morgan fingerprint density at radius 2 is 1.97 bits per heavy atom. The van der Waals surface area contributed by atoms with E-state index in [2.05, 4.69) is 21.4 Å². The van der Waals surface area contributed by atoms with Crippen molar-refractivity contribution in [2.45, 2.75) is 32.6 Å². The molecule has 4 aromatic rings. The van der Waals surface area contributed by atoms with Crippen LogP contribution < -0.4 is 5.32 Å². The Morgan fingerprint density at radius 3 is 2.76 bits per heavy atom. The summed E-state index contributed by atoms with van der Waals surface area (Å²) in [7, 11) is 0. The molecule has 0 bridgehead atoms. The highest BCUT2D eigenvalue weighted by molar-refractivity contribution is 7.16. The maximum atomic E-state index is 12.6. The number of amides is 1. The van der Waals surface area contributed by atoms with Crippen molar-refractivity contribution >= 4 is 39.2 Å². The summed E-state index contributed by atoms with van der Waals surface area (Å²) >= 11 is 1.44. The van der Waals surface area contributed by atoms with E-state index < -0.39 is 18.5 Å². The van der Waals surface area contributed by atoms with Gasteiger partial charge in [-0.25, -0.2) is 9.78 Å². The van der Waals surface area contributed by atoms with E-state index in [1.807, 2.05) is 31.2 Å². The summed E-state index contributed by atoms with van der Waals surface area (Å²) in [5.74, 6) is -0.353. The van der Waals surface area contributed by atoms with E-state index in [1.165, 1.54) is 11.3 Å². The third-order valence-corrected chi connectivity index (χ3v) is 7.12. The number of thiophene rings is 1. The summed E-state index contributed by atoms with van der Waals surface area (Å²) in [5.41, 5.74) is 5.46. The maximum Gasteiger partial charge on any atom is 0.338 e. The van der Waals surface area contributed by atoms with Gasteiger partial charge in [-0.2, -0.15) is 5.26 Å². The van der Waals surface area contributed by atoms with Crippen molar-refractivity contribution in [1.29, 1.82) is 5.26 Å². The third-order valence-electron chi connectivity index (χ3n) is 5.91. The summed E-state index contributed by atoms with van der Waals surface area (Å²) in [6.07, 6.45) is 3.94. The molecule has 1 aliphatic rings. The quantitative estimate of drug-likeness (QED) is 0.392. The van der Waals surface area contributed by atoms with Crippen LogP contribution in [0.2, 0.25) is 0 Å². The number of hydrogen-bond donors (Lipinski definition) is 2. The molecule has 2 aromatic heterocycles. The van der Waals surface area contributed by atoms with Crippen LogP contribution in [-0.2, 0) is 22.4 Å². The fourth-order valence-electron chi connectivity index (χ4n) is 4.13. The molecule has 0 aliphatic heterocycles. The number of imidazole rings is 1. The highest BCUT2D eigenvalue weighted by Gasteiger charge is 2.22. The highest BCUT2D eigenvalue weighted by Crippen LogP contribution is 2.37. The molecule has 7 nitrogen and oxygen atoms in total. The number of ether oxygens (including phenoxy) is 1. The summed E-state index contributed by atoms with van der Waals surface area (Å²) in [6.45, 7) is 1.60. The molecule has 0 spiro atoms. The molecule has 1 amide bonds. The molecule has 0 saturated carbocycles. The van der Waals surface area contributed by atoms with Crippen LogP contribution in [0.15, 0.2) is 42.5 Å². The maximum absolute atomic E-state index is 12.6. The summed E-state index contributed by atoms with van der Waals surface area (Å²) < 4.78 is 5.23. The zero-order chi connectivity index (χ0) is 23.7. The van der Waals surface area contributed by atoms with Gasteiger partial charge in [0.25, 0.3) is 5.91 Å². The molecule has 170 valence electrons. The van der Waals surface area contributed by atoms with E-state index >= 15 is 0 Å². The second-order valence-corrected chi connectivity index (χ2v) is 9.44. The van der Waals surface area contributed by atoms with Crippen LogP contribution >= 0.6 is 11.3 Å². The number of fused-ring (bicyclic) bond motifs is 2. The smallest absolute Gasteiger partial charge is 0.338 e. The first-order valence-corrected chi connectivity index (χ1v) is 11.9. The molecule has 1 aliphatic carbocycles. The second-order valence-electron chi connectivity index (χ2n) is 8.33. The van der Waals surface area contributed by atoms with Crippen LogP contribution in [0.1, 0.15) is 44.8 Å². The number of aromatic nitrogens is 2. The van der Waals surface area contributed by atoms with E-state index in [-0.39, 0.29) is 0 Å². The summed E-state index contributed by atoms with van der Waals surface area (Å²) in [5, 5.41) is 12.8. The Kier molecular flexibility index (Phi) is 5.86. The van der Waals surface area contributed by atoms with Gasteiger partial charge in [-0.3, -0.25) is 4.79 Å².